The van der Waals surface area contributed by atoms with Crippen LogP contribution in [0.2, 0.25) is 0 Å². The van der Waals surface area contributed by atoms with E-state index in [0.717, 1.165) is 15.1 Å². The molecule has 1 aliphatic rings. The van der Waals surface area contributed by atoms with Crippen LogP contribution in [0.3, 0.4) is 0 Å². The van der Waals surface area contributed by atoms with E-state index in [1.807, 2.05) is 43.3 Å². The lowest BCUT2D eigenvalue weighted by Gasteiger charge is -2.23. The van der Waals surface area contributed by atoms with Gasteiger partial charge in [0.15, 0.2) is 5.13 Å². The minimum absolute atomic E-state index is 0.0227. The van der Waals surface area contributed by atoms with Crippen LogP contribution in [-0.2, 0) is 9.59 Å². The quantitative estimate of drug-likeness (QED) is 0.546. The van der Waals surface area contributed by atoms with Crippen molar-refractivity contribution in [2.45, 2.75) is 32.7 Å². The average molecular weight is 453 g/mol. The van der Waals surface area contributed by atoms with Gasteiger partial charge in [-0.05, 0) is 45.0 Å². The molecule has 2 aromatic carbocycles. The van der Waals surface area contributed by atoms with E-state index in [-0.39, 0.29) is 24.8 Å². The van der Waals surface area contributed by atoms with Crippen molar-refractivity contribution < 1.29 is 19.1 Å². The number of urea groups is 1. The number of anilines is 2. The Morgan fingerprint density at radius 2 is 1.88 bits per heavy atom. The Bertz CT molecular complexity index is 1160. The van der Waals surface area contributed by atoms with Crippen molar-refractivity contribution in [1.82, 2.24) is 15.2 Å². The first-order valence-corrected chi connectivity index (χ1v) is 11.2. The van der Waals surface area contributed by atoms with E-state index in [9.17, 15) is 14.4 Å². The van der Waals surface area contributed by atoms with E-state index < -0.39 is 11.6 Å². The van der Waals surface area contributed by atoms with Crippen LogP contribution in [0.5, 0.6) is 5.75 Å². The van der Waals surface area contributed by atoms with Crippen LogP contribution < -0.4 is 15.0 Å². The molecule has 1 fully saturated rings. The highest BCUT2D eigenvalue weighted by Crippen LogP contribution is 2.38. The Kier molecular flexibility index (Phi) is 5.84. The van der Waals surface area contributed by atoms with E-state index >= 15 is 0 Å². The van der Waals surface area contributed by atoms with E-state index in [4.69, 9.17) is 4.74 Å². The molecule has 4 amide bonds. The van der Waals surface area contributed by atoms with Crippen LogP contribution in [0.15, 0.2) is 48.5 Å². The zero-order valence-electron chi connectivity index (χ0n) is 18.1. The molecule has 0 aliphatic carbocycles. The normalized spacial score (nSPS) is 15.2. The second kappa shape index (κ2) is 8.58. The number of nitrogens with one attached hydrogen (secondary N) is 1. The predicted octanol–water partition coefficient (Wildman–Crippen LogP) is 4.08. The van der Waals surface area contributed by atoms with Crippen molar-refractivity contribution in [2.75, 3.05) is 18.1 Å². The Labute approximate surface area is 189 Å². The van der Waals surface area contributed by atoms with E-state index in [1.165, 1.54) is 16.2 Å². The molecule has 0 unspecified atom stereocenters. The summed E-state index contributed by atoms with van der Waals surface area (Å²) < 4.78 is 6.71. The van der Waals surface area contributed by atoms with E-state index in [1.54, 1.807) is 26.0 Å². The highest BCUT2D eigenvalue weighted by molar-refractivity contribution is 7.22. The maximum absolute atomic E-state index is 13.5. The molecule has 9 heteroatoms. The number of para-hydroxylation sites is 3. The van der Waals surface area contributed by atoms with Gasteiger partial charge < -0.3 is 10.1 Å². The van der Waals surface area contributed by atoms with Gasteiger partial charge in [0.25, 0.3) is 5.91 Å². The molecule has 1 aliphatic heterocycles. The molecule has 0 spiro atoms. The average Bonchev–Trinajstić information content (AvgIpc) is 3.26. The lowest BCUT2D eigenvalue weighted by atomic mass is 10.1. The third-order valence-corrected chi connectivity index (χ3v) is 6.14. The molecule has 166 valence electrons. The number of amides is 4. The van der Waals surface area contributed by atoms with Gasteiger partial charge in [-0.2, -0.15) is 0 Å². The van der Waals surface area contributed by atoms with Crippen LogP contribution in [-0.4, -0.2) is 46.4 Å². The first-order chi connectivity index (χ1) is 15.3. The van der Waals surface area contributed by atoms with Crippen molar-refractivity contribution in [1.29, 1.82) is 0 Å². The highest BCUT2D eigenvalue weighted by atomic mass is 32.1. The van der Waals surface area contributed by atoms with Gasteiger partial charge in [0.2, 0.25) is 5.91 Å². The number of hydrogen-bond acceptors (Lipinski definition) is 6. The molecule has 8 nitrogen and oxygen atoms in total. The van der Waals surface area contributed by atoms with Crippen molar-refractivity contribution >= 4 is 50.2 Å². The van der Waals surface area contributed by atoms with Crippen LogP contribution in [0.25, 0.3) is 10.2 Å². The lowest BCUT2D eigenvalue weighted by Crippen LogP contribution is -2.40. The topological polar surface area (TPSA) is 91.8 Å². The van der Waals surface area contributed by atoms with Gasteiger partial charge in [-0.15, -0.1) is 0 Å². The molecule has 1 N–H and O–H groups in total. The minimum atomic E-state index is -0.978. The summed E-state index contributed by atoms with van der Waals surface area (Å²) in [4.78, 5) is 45.5. The van der Waals surface area contributed by atoms with Crippen molar-refractivity contribution in [2.24, 2.45) is 0 Å². The molecule has 1 aromatic heterocycles. The molecular weight excluding hydrogens is 428 g/mol. The molecule has 1 saturated heterocycles. The fraction of sp³-hybridized carbons (Fsp3) is 0.304. The molecule has 0 saturated carbocycles. The number of hydrogen-bond donors (Lipinski definition) is 1. The van der Waals surface area contributed by atoms with E-state index in [0.29, 0.717) is 23.2 Å². The smallest absolute Gasteiger partial charge is 0.325 e. The second-order valence-corrected chi connectivity index (χ2v) is 8.87. The summed E-state index contributed by atoms with van der Waals surface area (Å²) in [7, 11) is 0. The molecule has 4 rings (SSSR count). The Balaban J connectivity index is 1.67. The third-order valence-electron chi connectivity index (χ3n) is 5.12. The van der Waals surface area contributed by atoms with Gasteiger partial charge in [0.1, 0.15) is 11.3 Å². The number of imide groups is 1. The van der Waals surface area contributed by atoms with Crippen molar-refractivity contribution in [3.63, 3.8) is 0 Å². The predicted molar refractivity (Wildman–Crippen MR) is 123 cm³/mol. The van der Waals surface area contributed by atoms with Gasteiger partial charge >= 0.3 is 6.03 Å². The van der Waals surface area contributed by atoms with Gasteiger partial charge in [0.05, 0.1) is 22.5 Å². The third kappa shape index (κ3) is 4.03. The molecule has 0 radical (unpaired) electrons. The number of benzene rings is 2. The number of carbonyl (C=O) groups excluding carboxylic acids is 3. The fourth-order valence-electron chi connectivity index (χ4n) is 3.56. The maximum atomic E-state index is 13.5. The first kappa shape index (κ1) is 21.8. The molecule has 0 atom stereocenters. The monoisotopic (exact) mass is 452 g/mol. The SMILES string of the molecule is CCOc1ccccc1N(C(=O)CCN1C(=O)NC(C)(C)C1=O)c1nc2ccccc2s1. The van der Waals surface area contributed by atoms with Gasteiger partial charge in [-0.1, -0.05) is 35.6 Å². The number of aromatic nitrogens is 1. The van der Waals surface area contributed by atoms with Crippen LogP contribution in [0.4, 0.5) is 15.6 Å². The van der Waals surface area contributed by atoms with Crippen LogP contribution >= 0.6 is 11.3 Å². The number of carbonyl (C=O) groups is 3. The van der Waals surface area contributed by atoms with Crippen molar-refractivity contribution in [3.8, 4) is 5.75 Å². The minimum Gasteiger partial charge on any atom is -0.492 e. The summed E-state index contributed by atoms with van der Waals surface area (Å²) in [6.45, 7) is 5.57. The molecular formula is C23H24N4O4S. The van der Waals surface area contributed by atoms with Crippen LogP contribution in [0.1, 0.15) is 27.2 Å². The molecule has 2 heterocycles. The Morgan fingerprint density at radius 1 is 1.16 bits per heavy atom. The zero-order valence-corrected chi connectivity index (χ0v) is 18.9. The van der Waals surface area contributed by atoms with Gasteiger partial charge in [-0.25, -0.2) is 9.78 Å². The number of rotatable bonds is 7. The maximum Gasteiger partial charge on any atom is 0.325 e. The summed E-state index contributed by atoms with van der Waals surface area (Å²) in [5.41, 5.74) is 0.375. The summed E-state index contributed by atoms with van der Waals surface area (Å²) in [6.07, 6.45) is -0.0500. The molecule has 32 heavy (non-hydrogen) atoms. The Morgan fingerprint density at radius 3 is 2.56 bits per heavy atom. The Hall–Kier alpha value is -3.46. The van der Waals surface area contributed by atoms with Gasteiger partial charge in [-0.3, -0.25) is 19.4 Å². The summed E-state index contributed by atoms with van der Waals surface area (Å²) in [6, 6.07) is 14.4. The first-order valence-electron chi connectivity index (χ1n) is 10.4. The number of thiazole rings is 1. The second-order valence-electron chi connectivity index (χ2n) is 7.86. The largest absolute Gasteiger partial charge is 0.492 e. The summed E-state index contributed by atoms with van der Waals surface area (Å²) in [5, 5.41) is 3.14. The van der Waals surface area contributed by atoms with E-state index in [2.05, 4.69) is 10.3 Å². The lowest BCUT2D eigenvalue weighted by molar-refractivity contribution is -0.130. The summed E-state index contributed by atoms with van der Waals surface area (Å²) >= 11 is 1.39. The van der Waals surface area contributed by atoms with Gasteiger partial charge in [0, 0.05) is 13.0 Å². The fourth-order valence-corrected chi connectivity index (χ4v) is 4.56. The highest BCUT2D eigenvalue weighted by Gasteiger charge is 2.44. The summed E-state index contributed by atoms with van der Waals surface area (Å²) in [5.74, 6) is -0.0863. The number of fused-ring (bicyclic) bond motifs is 1. The molecule has 3 aromatic rings. The number of ether oxygens (including phenoxy) is 1. The van der Waals surface area contributed by atoms with Crippen LogP contribution in [0, 0.1) is 0 Å². The standard InChI is InChI=1S/C23H24N4O4S/c1-4-31-17-11-7-6-10-16(17)27(22-24-15-9-5-8-12-18(15)32-22)19(28)13-14-26-20(29)23(2,3)25-21(26)30/h5-12H,4,13-14H2,1-3H3,(H,25,30). The van der Waals surface area contributed by atoms with Crippen molar-refractivity contribution in [3.05, 3.63) is 48.5 Å². The molecule has 0 bridgehead atoms. The zero-order chi connectivity index (χ0) is 22.9. The number of nitrogens with zero attached hydrogens (tertiary/aromatic N) is 3.